The van der Waals surface area contributed by atoms with Crippen LogP contribution in [0.1, 0.15) is 0 Å². The second kappa shape index (κ2) is 12.3. The Bertz CT molecular complexity index is 152. The molecule has 0 aliphatic rings. The summed E-state index contributed by atoms with van der Waals surface area (Å²) < 4.78 is 0. The third-order valence-corrected chi connectivity index (χ3v) is 0.185. The van der Waals surface area contributed by atoms with Crippen LogP contribution in [-0.4, -0.2) is 16.1 Å². The summed E-state index contributed by atoms with van der Waals surface area (Å²) in [6.07, 6.45) is 0. The van der Waals surface area contributed by atoms with Crippen LogP contribution in [0.4, 0.5) is 0 Å². The average molecular weight is 200 g/mol. The molecule has 0 spiro atoms. The fourth-order valence-corrected chi connectivity index (χ4v) is 0. The molecule has 0 aromatic rings. The molecule has 78 valence electrons. The summed E-state index contributed by atoms with van der Waals surface area (Å²) in [6.45, 7) is 0. The topological polar surface area (TPSA) is 226 Å². The van der Waals surface area contributed by atoms with Crippen molar-refractivity contribution >= 4 is 5.96 Å². The van der Waals surface area contributed by atoms with Gasteiger partial charge in [0.1, 0.15) is 0 Å². The third-order valence-electron chi connectivity index (χ3n) is 0.185. The zero-order chi connectivity index (χ0) is 11.4. The molecule has 12 heteroatoms. The van der Waals surface area contributed by atoms with Crippen LogP contribution in [0.3, 0.4) is 0 Å². The van der Waals surface area contributed by atoms with Crippen molar-refractivity contribution in [1.29, 1.82) is 0 Å². The number of nitrogens with two attached hydrogens (primary N) is 2. The highest BCUT2D eigenvalue weighted by Crippen LogP contribution is 1.44. The van der Waals surface area contributed by atoms with Crippen molar-refractivity contribution in [1.82, 2.24) is 0 Å². The highest BCUT2D eigenvalue weighted by Gasteiger charge is 1.79. The lowest BCUT2D eigenvalue weighted by Gasteiger charge is -1.74. The van der Waals surface area contributed by atoms with Gasteiger partial charge in [0.25, 0.3) is 0 Å². The van der Waals surface area contributed by atoms with Gasteiger partial charge in [-0.3, -0.25) is 11.6 Å². The molecule has 12 nitrogen and oxygen atoms in total. The molecule has 0 aliphatic heterocycles. The lowest BCUT2D eigenvalue weighted by Crippen LogP contribution is -2.93. The van der Waals surface area contributed by atoms with Gasteiger partial charge < -0.3 is 30.6 Å². The maximum absolute atomic E-state index is 8.25. The first-order chi connectivity index (χ1) is 5.73. The van der Waals surface area contributed by atoms with Crippen molar-refractivity contribution in [3.63, 3.8) is 0 Å². The van der Waals surface area contributed by atoms with Gasteiger partial charge in [-0.1, -0.05) is 0 Å². The summed E-state index contributed by atoms with van der Waals surface area (Å²) in [5, 5.41) is 31.6. The van der Waals surface area contributed by atoms with Gasteiger partial charge in [-0.2, -0.15) is 0 Å². The van der Waals surface area contributed by atoms with Gasteiger partial charge in [-0.05, 0) is 0 Å². The van der Waals surface area contributed by atoms with Gasteiger partial charge in [0.05, 0.1) is 10.2 Å². The number of rotatable bonds is 0. The van der Waals surface area contributed by atoms with Crippen LogP contribution in [0.25, 0.3) is 0 Å². The molecule has 0 aromatic carbocycles. The maximum atomic E-state index is 8.25. The predicted molar refractivity (Wildman–Crippen MR) is 38.0 cm³/mol. The van der Waals surface area contributed by atoms with Crippen molar-refractivity contribution in [3.8, 4) is 0 Å². The molecule has 0 rings (SSSR count). The molecule has 0 saturated heterocycles. The van der Waals surface area contributed by atoms with E-state index in [4.69, 9.17) is 42.2 Å². The van der Waals surface area contributed by atoms with Crippen LogP contribution in [0.5, 0.6) is 0 Å². The van der Waals surface area contributed by atoms with E-state index < -0.39 is 10.2 Å². The van der Waals surface area contributed by atoms with E-state index >= 15 is 0 Å². The largest absolute Gasteiger partial charge is 0.457 e. The summed E-state index contributed by atoms with van der Waals surface area (Å²) in [5.74, 6) is 4.98. The average Bonchev–Trinajstić information content (AvgIpc) is 1.84. The Balaban J connectivity index is -0.000000117. The minimum atomic E-state index is -1.75. The lowest BCUT2D eigenvalue weighted by molar-refractivity contribution is -0.515. The molecule has 0 aliphatic carbocycles. The van der Waals surface area contributed by atoms with Crippen molar-refractivity contribution in [2.75, 3.05) is 0 Å². The Labute approximate surface area is 70.4 Å². The monoisotopic (exact) mass is 200 g/mol. The third kappa shape index (κ3) is 4100. The molecule has 0 radical (unpaired) electrons. The molecular formula is CH8N6O6. The molecule has 13 heavy (non-hydrogen) atoms. The SMILES string of the molecule is N/[NH+]=C(\N)[NH3+].O=[N+]([O-])[O-].O=[N+]([O-])[O-]. The molecule has 0 bridgehead atoms. The number of nitrogens with one attached hydrogen (secondary N) is 1. The highest BCUT2D eigenvalue weighted by atomic mass is 16.9. The number of guanidine groups is 1. The summed E-state index contributed by atoms with van der Waals surface area (Å²) in [6, 6.07) is 0. The Kier molecular flexibility index (Phi) is 16.0. The van der Waals surface area contributed by atoms with Crippen molar-refractivity contribution in [2.45, 2.75) is 0 Å². The maximum Gasteiger partial charge on any atom is 0.457 e. The summed E-state index contributed by atoms with van der Waals surface area (Å²) in [7, 11) is 0. The van der Waals surface area contributed by atoms with Crippen LogP contribution in [0, 0.1) is 30.6 Å². The van der Waals surface area contributed by atoms with E-state index in [1.54, 1.807) is 0 Å². The molecule has 0 atom stereocenters. The molecular weight excluding hydrogens is 192 g/mol. The van der Waals surface area contributed by atoms with Gasteiger partial charge in [-0.15, -0.1) is 5.10 Å². The number of quaternary nitrogens is 1. The van der Waals surface area contributed by atoms with Crippen LogP contribution >= 0.6 is 0 Å². The predicted octanol–water partition coefficient (Wildman–Crippen LogP) is -4.98. The van der Waals surface area contributed by atoms with Crippen molar-refractivity contribution < 1.29 is 21.0 Å². The second-order valence-corrected chi connectivity index (χ2v) is 1.12. The zero-order valence-corrected chi connectivity index (χ0v) is 6.21. The number of nitrogens with zero attached hydrogens (tertiary/aromatic N) is 2. The van der Waals surface area contributed by atoms with Gasteiger partial charge in [-0.25, -0.2) is 5.73 Å². The summed E-state index contributed by atoms with van der Waals surface area (Å²) >= 11 is 0. The van der Waals surface area contributed by atoms with Crippen LogP contribution in [0.15, 0.2) is 0 Å². The first kappa shape index (κ1) is 16.9. The molecule has 0 fully saturated rings. The molecule has 0 heterocycles. The Morgan fingerprint density at radius 2 is 1.23 bits per heavy atom. The fourth-order valence-electron chi connectivity index (χ4n) is 0. The minimum Gasteiger partial charge on any atom is -0.356 e. The first-order valence-corrected chi connectivity index (χ1v) is 2.28. The Morgan fingerprint density at radius 1 is 1.15 bits per heavy atom. The number of hydrogen-bond acceptors (Lipinski definition) is 7. The number of hydrazone groups is 1. The van der Waals surface area contributed by atoms with Gasteiger partial charge >= 0.3 is 5.96 Å². The van der Waals surface area contributed by atoms with Gasteiger partial charge in [0.15, 0.2) is 0 Å². The van der Waals surface area contributed by atoms with Crippen molar-refractivity contribution in [2.24, 2.45) is 11.6 Å². The second-order valence-electron chi connectivity index (χ2n) is 1.12. The van der Waals surface area contributed by atoms with E-state index in [1.165, 1.54) is 0 Å². The van der Waals surface area contributed by atoms with Crippen LogP contribution in [-0.2, 0) is 0 Å². The quantitative estimate of drug-likeness (QED) is 0.0969. The summed E-state index contributed by atoms with van der Waals surface area (Å²) in [5.41, 5.74) is 8.08. The highest BCUT2D eigenvalue weighted by molar-refractivity contribution is 5.58. The normalized spacial score (nSPS) is 8.23. The molecule has 0 unspecified atom stereocenters. The van der Waals surface area contributed by atoms with Crippen LogP contribution < -0.4 is 22.4 Å². The minimum absolute atomic E-state index is 0.282. The first-order valence-electron chi connectivity index (χ1n) is 2.28. The van der Waals surface area contributed by atoms with Crippen molar-refractivity contribution in [3.05, 3.63) is 30.6 Å². The number of hydrazine groups is 1. The Morgan fingerprint density at radius 3 is 1.23 bits per heavy atom. The molecule has 8 N–H and O–H groups in total. The van der Waals surface area contributed by atoms with E-state index in [-0.39, 0.29) is 5.96 Å². The van der Waals surface area contributed by atoms with E-state index in [0.29, 0.717) is 0 Å². The summed E-state index contributed by atoms with van der Waals surface area (Å²) in [4.78, 5) is 16.5. The van der Waals surface area contributed by atoms with Gasteiger partial charge in [0, 0.05) is 0 Å². The van der Waals surface area contributed by atoms with E-state index in [1.807, 2.05) is 0 Å². The van der Waals surface area contributed by atoms with Gasteiger partial charge in [0.2, 0.25) is 0 Å². The molecule has 0 aromatic heterocycles. The molecule has 0 amide bonds. The van der Waals surface area contributed by atoms with E-state index in [9.17, 15) is 0 Å². The smallest absolute Gasteiger partial charge is 0.356 e. The number of hydrogen-bond donors (Lipinski definition) is 4. The zero-order valence-electron chi connectivity index (χ0n) is 6.21. The van der Waals surface area contributed by atoms with E-state index in [0.717, 1.165) is 0 Å². The van der Waals surface area contributed by atoms with Crippen LogP contribution in [0.2, 0.25) is 0 Å². The fraction of sp³-hybridized carbons (Fsp3) is 0. The standard InChI is InChI=1S/CH6N4.2NO3/c2-1(3)5-4;2*2-1(3)4/h4H2,(H4,2,3,5);;/q;2*-1/p+2. The molecule has 0 saturated carbocycles. The van der Waals surface area contributed by atoms with E-state index in [2.05, 4.69) is 10.8 Å². The lowest BCUT2D eigenvalue weighted by atomic mass is 11.1. The Hall–Kier alpha value is -2.37.